The summed E-state index contributed by atoms with van der Waals surface area (Å²) in [6.07, 6.45) is 5.00. The Balaban J connectivity index is 1.47. The summed E-state index contributed by atoms with van der Waals surface area (Å²) in [4.78, 5) is 12.4. The molecule has 1 N–H and O–H groups in total. The van der Waals surface area contributed by atoms with Gasteiger partial charge in [-0.2, -0.15) is 8.78 Å². The number of nitrogens with one attached hydrogen (secondary N) is 1. The van der Waals surface area contributed by atoms with Gasteiger partial charge in [0.1, 0.15) is 5.75 Å². The van der Waals surface area contributed by atoms with E-state index in [0.717, 1.165) is 25.7 Å². The molecule has 1 aliphatic heterocycles. The zero-order valence-corrected chi connectivity index (χ0v) is 14.5. The smallest absolute Gasteiger partial charge is 0.387 e. The number of amides is 1. The Bertz CT molecular complexity index is 850. The first-order chi connectivity index (χ1) is 13.0. The van der Waals surface area contributed by atoms with E-state index in [1.54, 1.807) is 18.2 Å². The molecule has 4 rings (SSSR count). The summed E-state index contributed by atoms with van der Waals surface area (Å²) < 4.78 is 41.0. The maximum Gasteiger partial charge on any atom is 0.387 e. The number of rotatable bonds is 4. The van der Waals surface area contributed by atoms with Crippen molar-refractivity contribution in [1.82, 2.24) is 0 Å². The van der Waals surface area contributed by atoms with E-state index >= 15 is 0 Å². The van der Waals surface area contributed by atoms with Gasteiger partial charge in [-0.05, 0) is 43.2 Å². The Hall–Kier alpha value is -2.83. The summed E-state index contributed by atoms with van der Waals surface area (Å²) >= 11 is 0. The number of carbonyl (C=O) groups excluding carboxylic acids is 1. The largest absolute Gasteiger partial charge is 0.448 e. The van der Waals surface area contributed by atoms with Gasteiger partial charge in [-0.3, -0.25) is 4.79 Å². The molecule has 0 unspecified atom stereocenters. The number of carbonyl (C=O) groups is 1. The van der Waals surface area contributed by atoms with Crippen LogP contribution < -0.4 is 19.5 Å². The lowest BCUT2D eigenvalue weighted by Gasteiger charge is -2.31. The zero-order chi connectivity index (χ0) is 18.9. The minimum atomic E-state index is -2.94. The van der Waals surface area contributed by atoms with Gasteiger partial charge in [0.05, 0.1) is 0 Å². The number of hydrogen-bond donors (Lipinski definition) is 1. The van der Waals surface area contributed by atoms with Crippen molar-refractivity contribution in [3.8, 4) is 17.2 Å². The van der Waals surface area contributed by atoms with Gasteiger partial charge in [-0.15, -0.1) is 0 Å². The SMILES string of the molecule is O=C(Nc1ccc2c(c1)OC1(CCCCC1)O2)c1cccc(OC(F)F)c1. The van der Waals surface area contributed by atoms with Gasteiger partial charge in [0, 0.05) is 30.2 Å². The van der Waals surface area contributed by atoms with Crippen LogP contribution in [-0.2, 0) is 0 Å². The Morgan fingerprint density at radius 3 is 2.59 bits per heavy atom. The maximum absolute atomic E-state index is 12.4. The highest BCUT2D eigenvalue weighted by Crippen LogP contribution is 2.46. The summed E-state index contributed by atoms with van der Waals surface area (Å²) in [5.41, 5.74) is 0.755. The second-order valence-electron chi connectivity index (χ2n) is 6.70. The van der Waals surface area contributed by atoms with Crippen LogP contribution >= 0.6 is 0 Å². The topological polar surface area (TPSA) is 56.8 Å². The Morgan fingerprint density at radius 2 is 1.81 bits per heavy atom. The van der Waals surface area contributed by atoms with Crippen LogP contribution in [0.5, 0.6) is 17.2 Å². The molecule has 0 saturated heterocycles. The monoisotopic (exact) mass is 375 g/mol. The lowest BCUT2D eigenvalue weighted by molar-refractivity contribution is -0.105. The lowest BCUT2D eigenvalue weighted by atomic mass is 9.94. The van der Waals surface area contributed by atoms with E-state index in [-0.39, 0.29) is 11.3 Å². The van der Waals surface area contributed by atoms with Crippen molar-refractivity contribution < 1.29 is 27.8 Å². The van der Waals surface area contributed by atoms with Gasteiger partial charge >= 0.3 is 6.61 Å². The van der Waals surface area contributed by atoms with Crippen LogP contribution in [0, 0.1) is 0 Å². The molecule has 142 valence electrons. The molecule has 1 saturated carbocycles. The summed E-state index contributed by atoms with van der Waals surface area (Å²) in [5, 5.41) is 2.74. The van der Waals surface area contributed by atoms with E-state index in [9.17, 15) is 13.6 Å². The molecule has 1 aliphatic carbocycles. The second-order valence-corrected chi connectivity index (χ2v) is 6.70. The van der Waals surface area contributed by atoms with Gasteiger partial charge in [0.15, 0.2) is 11.5 Å². The standard InChI is InChI=1S/C20H19F2NO4/c21-19(22)25-15-6-4-5-13(11-15)18(24)23-14-7-8-16-17(12-14)27-20(26-16)9-2-1-3-10-20/h4-8,11-12,19H,1-3,9-10H2,(H,23,24). The van der Waals surface area contributed by atoms with Crippen molar-refractivity contribution in [3.05, 3.63) is 48.0 Å². The third-order valence-corrected chi connectivity index (χ3v) is 4.73. The summed E-state index contributed by atoms with van der Waals surface area (Å²) in [7, 11) is 0. The molecule has 1 fully saturated rings. The molecule has 2 aliphatic rings. The predicted molar refractivity (Wildman–Crippen MR) is 94.5 cm³/mol. The van der Waals surface area contributed by atoms with Crippen molar-refractivity contribution in [1.29, 1.82) is 0 Å². The molecule has 1 spiro atoms. The van der Waals surface area contributed by atoms with Crippen molar-refractivity contribution in [3.63, 3.8) is 0 Å². The van der Waals surface area contributed by atoms with Crippen molar-refractivity contribution in [2.45, 2.75) is 44.5 Å². The fourth-order valence-corrected chi connectivity index (χ4v) is 3.48. The van der Waals surface area contributed by atoms with E-state index < -0.39 is 18.3 Å². The fourth-order valence-electron chi connectivity index (χ4n) is 3.48. The summed E-state index contributed by atoms with van der Waals surface area (Å²) in [6, 6.07) is 10.9. The molecule has 0 atom stereocenters. The molecule has 27 heavy (non-hydrogen) atoms. The minimum absolute atomic E-state index is 0.0671. The summed E-state index contributed by atoms with van der Waals surface area (Å²) in [6.45, 7) is -2.94. The summed E-state index contributed by atoms with van der Waals surface area (Å²) in [5.74, 6) is 0.194. The number of halogens is 2. The van der Waals surface area contributed by atoms with Crippen molar-refractivity contribution in [2.24, 2.45) is 0 Å². The Labute approximate surface area is 155 Å². The van der Waals surface area contributed by atoms with Crippen molar-refractivity contribution in [2.75, 3.05) is 5.32 Å². The first-order valence-electron chi connectivity index (χ1n) is 8.91. The number of ether oxygens (including phenoxy) is 3. The molecular formula is C20H19F2NO4. The van der Waals surface area contributed by atoms with Crippen molar-refractivity contribution >= 4 is 11.6 Å². The number of anilines is 1. The molecule has 5 nitrogen and oxygen atoms in total. The van der Waals surface area contributed by atoms with E-state index in [4.69, 9.17) is 9.47 Å². The molecule has 1 heterocycles. The average molecular weight is 375 g/mol. The van der Waals surface area contributed by atoms with Gasteiger partial charge < -0.3 is 19.5 Å². The van der Waals surface area contributed by atoms with E-state index in [2.05, 4.69) is 10.1 Å². The van der Waals surface area contributed by atoms with Crippen LogP contribution in [0.3, 0.4) is 0 Å². The van der Waals surface area contributed by atoms with Gasteiger partial charge in [-0.25, -0.2) is 0 Å². The first-order valence-corrected chi connectivity index (χ1v) is 8.91. The number of hydrogen-bond acceptors (Lipinski definition) is 4. The van der Waals surface area contributed by atoms with E-state index in [0.29, 0.717) is 17.2 Å². The Kier molecular flexibility index (Phi) is 4.59. The van der Waals surface area contributed by atoms with Crippen LogP contribution in [0.15, 0.2) is 42.5 Å². The highest BCUT2D eigenvalue weighted by atomic mass is 19.3. The van der Waals surface area contributed by atoms with Crippen LogP contribution in [0.4, 0.5) is 14.5 Å². The van der Waals surface area contributed by atoms with Gasteiger partial charge in [-0.1, -0.05) is 12.5 Å². The Morgan fingerprint density at radius 1 is 1.04 bits per heavy atom. The highest BCUT2D eigenvalue weighted by molar-refractivity contribution is 6.04. The van der Waals surface area contributed by atoms with Crippen LogP contribution in [-0.4, -0.2) is 18.3 Å². The van der Waals surface area contributed by atoms with Gasteiger partial charge in [0.2, 0.25) is 0 Å². The van der Waals surface area contributed by atoms with E-state index in [1.807, 2.05) is 0 Å². The number of fused-ring (bicyclic) bond motifs is 1. The maximum atomic E-state index is 12.4. The van der Waals surface area contributed by atoms with Crippen LogP contribution in [0.2, 0.25) is 0 Å². The normalized spacial score (nSPS) is 17.1. The first kappa shape index (κ1) is 17.6. The lowest BCUT2D eigenvalue weighted by Crippen LogP contribution is -2.40. The minimum Gasteiger partial charge on any atom is -0.448 e. The molecule has 0 radical (unpaired) electrons. The molecule has 7 heteroatoms. The molecule has 0 bridgehead atoms. The third-order valence-electron chi connectivity index (χ3n) is 4.73. The second kappa shape index (κ2) is 7.06. The van der Waals surface area contributed by atoms with Gasteiger partial charge in [0.25, 0.3) is 11.7 Å². The molecule has 1 amide bonds. The number of benzene rings is 2. The van der Waals surface area contributed by atoms with Crippen LogP contribution in [0.25, 0.3) is 0 Å². The average Bonchev–Trinajstić information content (AvgIpc) is 2.98. The fraction of sp³-hybridized carbons (Fsp3) is 0.350. The van der Waals surface area contributed by atoms with E-state index in [1.165, 1.54) is 30.7 Å². The molecule has 0 aromatic heterocycles. The zero-order valence-electron chi connectivity index (χ0n) is 14.5. The quantitative estimate of drug-likeness (QED) is 0.820. The number of alkyl halides is 2. The predicted octanol–water partition coefficient (Wildman–Crippen LogP) is 4.97. The molecular weight excluding hydrogens is 356 g/mol. The molecule has 2 aromatic carbocycles. The van der Waals surface area contributed by atoms with Crippen LogP contribution in [0.1, 0.15) is 42.5 Å². The third kappa shape index (κ3) is 3.82. The highest BCUT2D eigenvalue weighted by Gasteiger charge is 2.42. The molecule has 2 aromatic rings.